The van der Waals surface area contributed by atoms with E-state index in [1.54, 1.807) is 6.07 Å². The third kappa shape index (κ3) is 1.38. The van der Waals surface area contributed by atoms with Crippen molar-refractivity contribution in [2.24, 2.45) is 5.92 Å². The third-order valence-corrected chi connectivity index (χ3v) is 4.43. The van der Waals surface area contributed by atoms with E-state index < -0.39 is 0 Å². The highest BCUT2D eigenvalue weighted by molar-refractivity contribution is 6.35. The fraction of sp³-hybridized carbons (Fsp3) is 0.375. The highest BCUT2D eigenvalue weighted by atomic mass is 16.5. The van der Waals surface area contributed by atoms with E-state index in [4.69, 9.17) is 4.74 Å². The summed E-state index contributed by atoms with van der Waals surface area (Å²) in [7, 11) is 0. The summed E-state index contributed by atoms with van der Waals surface area (Å²) in [6.07, 6.45) is 3.85. The molecule has 1 heterocycles. The predicted molar refractivity (Wildman–Crippen MR) is 69.5 cm³/mol. The van der Waals surface area contributed by atoms with Gasteiger partial charge >= 0.3 is 0 Å². The number of ether oxygens (including phenoxy) is 1. The van der Waals surface area contributed by atoms with E-state index >= 15 is 0 Å². The molecule has 4 rings (SSSR count). The molecule has 0 spiro atoms. The molecule has 3 nitrogen and oxygen atoms in total. The van der Waals surface area contributed by atoms with Crippen LogP contribution >= 0.6 is 0 Å². The molecule has 1 saturated carbocycles. The summed E-state index contributed by atoms with van der Waals surface area (Å²) in [5.74, 6) is 0.244. The normalized spacial score (nSPS) is 28.6. The molecule has 0 radical (unpaired) electrons. The van der Waals surface area contributed by atoms with Crippen molar-refractivity contribution in [1.82, 2.24) is 0 Å². The fourth-order valence-corrected chi connectivity index (χ4v) is 3.49. The Morgan fingerprint density at radius 3 is 2.58 bits per heavy atom. The first-order chi connectivity index (χ1) is 9.27. The van der Waals surface area contributed by atoms with Gasteiger partial charge in [0.15, 0.2) is 11.5 Å². The lowest BCUT2D eigenvalue weighted by molar-refractivity contribution is -0.124. The number of benzene rings is 1. The summed E-state index contributed by atoms with van der Waals surface area (Å²) in [5, 5.41) is 0. The monoisotopic (exact) mass is 254 g/mol. The van der Waals surface area contributed by atoms with Crippen molar-refractivity contribution in [2.75, 3.05) is 0 Å². The summed E-state index contributed by atoms with van der Waals surface area (Å²) in [4.78, 5) is 25.0. The Hall–Kier alpha value is -1.90. The maximum atomic E-state index is 12.7. The van der Waals surface area contributed by atoms with Gasteiger partial charge in [0.25, 0.3) is 0 Å². The first kappa shape index (κ1) is 11.0. The molecular formula is C16H14O3. The van der Waals surface area contributed by atoms with Crippen molar-refractivity contribution < 1.29 is 14.3 Å². The largest absolute Gasteiger partial charge is 0.485 e. The lowest BCUT2D eigenvalue weighted by atomic mass is 9.79. The average Bonchev–Trinajstić information content (AvgIpc) is 2.74. The number of carbonyl (C=O) groups is 2. The van der Waals surface area contributed by atoms with Crippen LogP contribution in [0.25, 0.3) is 5.57 Å². The minimum atomic E-state index is -0.122. The van der Waals surface area contributed by atoms with Crippen LogP contribution in [0.15, 0.2) is 30.0 Å². The molecule has 0 amide bonds. The van der Waals surface area contributed by atoms with Crippen molar-refractivity contribution in [2.45, 2.75) is 31.8 Å². The summed E-state index contributed by atoms with van der Waals surface area (Å²) in [5.41, 5.74) is 1.90. The maximum absolute atomic E-state index is 12.7. The molecule has 2 atom stereocenters. The average molecular weight is 254 g/mol. The number of rotatable bonds is 0. The van der Waals surface area contributed by atoms with Crippen molar-refractivity contribution in [3.05, 3.63) is 41.2 Å². The minimum Gasteiger partial charge on any atom is -0.485 e. The van der Waals surface area contributed by atoms with E-state index in [9.17, 15) is 9.59 Å². The van der Waals surface area contributed by atoms with Crippen LogP contribution in [0.5, 0.6) is 0 Å². The van der Waals surface area contributed by atoms with Crippen molar-refractivity contribution in [3.8, 4) is 0 Å². The zero-order chi connectivity index (χ0) is 13.0. The highest BCUT2D eigenvalue weighted by Crippen LogP contribution is 2.44. The fourth-order valence-electron chi connectivity index (χ4n) is 3.49. The molecule has 19 heavy (non-hydrogen) atoms. The molecule has 3 heteroatoms. The Balaban J connectivity index is 1.87. The first-order valence-corrected chi connectivity index (χ1v) is 6.86. The topological polar surface area (TPSA) is 43.4 Å². The van der Waals surface area contributed by atoms with Crippen LogP contribution < -0.4 is 0 Å². The quantitative estimate of drug-likeness (QED) is 0.715. The van der Waals surface area contributed by atoms with Gasteiger partial charge in [-0.3, -0.25) is 9.59 Å². The zero-order valence-corrected chi connectivity index (χ0v) is 10.5. The standard InChI is InChI=1S/C16H14O3/c17-14-11-7-3-4-8-12(11)19-16-13(14)9-5-1-2-6-10(9)15(16)18/h1-2,5-6,11-12H,3-4,7-8H2. The second kappa shape index (κ2) is 3.80. The van der Waals surface area contributed by atoms with Crippen LogP contribution in [0.2, 0.25) is 0 Å². The molecule has 0 aromatic heterocycles. The van der Waals surface area contributed by atoms with Gasteiger partial charge in [-0.1, -0.05) is 30.7 Å². The molecule has 0 bridgehead atoms. The Morgan fingerprint density at radius 2 is 1.74 bits per heavy atom. The number of ketones is 2. The number of carbonyl (C=O) groups excluding carboxylic acids is 2. The Kier molecular flexibility index (Phi) is 2.19. The van der Waals surface area contributed by atoms with Crippen molar-refractivity contribution in [3.63, 3.8) is 0 Å². The van der Waals surface area contributed by atoms with Gasteiger partial charge in [-0.25, -0.2) is 0 Å². The van der Waals surface area contributed by atoms with E-state index in [0.717, 1.165) is 31.2 Å². The maximum Gasteiger partial charge on any atom is 0.228 e. The first-order valence-electron chi connectivity index (χ1n) is 6.86. The van der Waals surface area contributed by atoms with Crippen molar-refractivity contribution >= 4 is 17.1 Å². The van der Waals surface area contributed by atoms with Crippen molar-refractivity contribution in [1.29, 1.82) is 0 Å². The SMILES string of the molecule is O=C1C2=C(C(=O)C3CCCCC3O2)c2ccccc21. The summed E-state index contributed by atoms with van der Waals surface area (Å²) in [6.45, 7) is 0. The Labute approximate surface area is 111 Å². The van der Waals surface area contributed by atoms with Gasteiger partial charge in [0.05, 0.1) is 11.5 Å². The van der Waals surface area contributed by atoms with E-state index in [1.807, 2.05) is 18.2 Å². The van der Waals surface area contributed by atoms with Crippen LogP contribution in [-0.4, -0.2) is 17.7 Å². The Morgan fingerprint density at radius 1 is 1.00 bits per heavy atom. The molecule has 3 aliphatic rings. The third-order valence-electron chi connectivity index (χ3n) is 4.43. The molecule has 0 N–H and O–H groups in total. The van der Waals surface area contributed by atoms with Gasteiger partial charge in [-0.05, 0) is 19.3 Å². The summed E-state index contributed by atoms with van der Waals surface area (Å²) in [6, 6.07) is 7.31. The number of hydrogen-bond acceptors (Lipinski definition) is 3. The van der Waals surface area contributed by atoms with Gasteiger partial charge in [0.2, 0.25) is 5.78 Å². The van der Waals surface area contributed by atoms with E-state index in [2.05, 4.69) is 0 Å². The van der Waals surface area contributed by atoms with Gasteiger partial charge in [0.1, 0.15) is 6.10 Å². The molecule has 96 valence electrons. The van der Waals surface area contributed by atoms with Crippen LogP contribution in [0.3, 0.4) is 0 Å². The van der Waals surface area contributed by atoms with E-state index in [0.29, 0.717) is 16.9 Å². The minimum absolute atomic E-state index is 0.0496. The molecule has 1 aromatic rings. The summed E-state index contributed by atoms with van der Waals surface area (Å²) >= 11 is 0. The molecule has 1 fully saturated rings. The number of fused-ring (bicyclic) bond motifs is 3. The number of hydrogen-bond donors (Lipinski definition) is 0. The van der Waals surface area contributed by atoms with Gasteiger partial charge in [-0.2, -0.15) is 0 Å². The highest BCUT2D eigenvalue weighted by Gasteiger charge is 2.46. The van der Waals surface area contributed by atoms with Gasteiger partial charge in [-0.15, -0.1) is 0 Å². The number of allylic oxidation sites excluding steroid dienone is 2. The van der Waals surface area contributed by atoms with Crippen LogP contribution in [0.4, 0.5) is 0 Å². The number of Topliss-reactive ketones (excluding diaryl/α,β-unsaturated/α-hetero) is 2. The predicted octanol–water partition coefficient (Wildman–Crippen LogP) is 2.75. The van der Waals surface area contributed by atoms with E-state index in [1.165, 1.54) is 0 Å². The molecule has 0 saturated heterocycles. The van der Waals surface area contributed by atoms with Gasteiger partial charge in [0, 0.05) is 11.1 Å². The van der Waals surface area contributed by atoms with Crippen LogP contribution in [0.1, 0.15) is 41.6 Å². The second-order valence-corrected chi connectivity index (χ2v) is 5.49. The lowest BCUT2D eigenvalue weighted by Crippen LogP contribution is -2.38. The zero-order valence-electron chi connectivity index (χ0n) is 10.5. The Bertz CT molecular complexity index is 627. The smallest absolute Gasteiger partial charge is 0.228 e. The second-order valence-electron chi connectivity index (χ2n) is 5.49. The van der Waals surface area contributed by atoms with E-state index in [-0.39, 0.29) is 23.6 Å². The molecule has 2 unspecified atom stereocenters. The molecule has 1 aromatic carbocycles. The lowest BCUT2D eigenvalue weighted by Gasteiger charge is -2.34. The molecule has 2 aliphatic carbocycles. The van der Waals surface area contributed by atoms with Crippen LogP contribution in [-0.2, 0) is 9.53 Å². The molecular weight excluding hydrogens is 240 g/mol. The van der Waals surface area contributed by atoms with Crippen LogP contribution in [0, 0.1) is 5.92 Å². The summed E-state index contributed by atoms with van der Waals surface area (Å²) < 4.78 is 5.89. The molecule has 1 aliphatic heterocycles. The van der Waals surface area contributed by atoms with Gasteiger partial charge < -0.3 is 4.74 Å².